The first-order valence-corrected chi connectivity index (χ1v) is 9.37. The number of hydrogen-bond acceptors (Lipinski definition) is 4. The van der Waals surface area contributed by atoms with E-state index in [4.69, 9.17) is 17.3 Å². The lowest BCUT2D eigenvalue weighted by Crippen LogP contribution is -2.27. The highest BCUT2D eigenvalue weighted by Crippen LogP contribution is 2.26. The smallest absolute Gasteiger partial charge is 0.316 e. The molecule has 0 saturated carbocycles. The molecule has 1 atom stereocenters. The lowest BCUT2D eigenvalue weighted by Gasteiger charge is -2.14. The third kappa shape index (κ3) is 4.84. The van der Waals surface area contributed by atoms with Crippen LogP contribution in [0.25, 0.3) is 10.6 Å². The van der Waals surface area contributed by atoms with E-state index in [0.29, 0.717) is 16.4 Å². The molecule has 0 saturated heterocycles. The summed E-state index contributed by atoms with van der Waals surface area (Å²) in [5.41, 5.74) is 7.80. The van der Waals surface area contributed by atoms with E-state index >= 15 is 0 Å². The predicted molar refractivity (Wildman–Crippen MR) is 108 cm³/mol. The van der Waals surface area contributed by atoms with Crippen molar-refractivity contribution in [3.8, 4) is 10.6 Å². The molecule has 3 rings (SSSR count). The van der Waals surface area contributed by atoms with Crippen molar-refractivity contribution >= 4 is 40.6 Å². The van der Waals surface area contributed by atoms with Crippen LogP contribution >= 0.6 is 22.9 Å². The Labute approximate surface area is 165 Å². The van der Waals surface area contributed by atoms with Crippen LogP contribution in [-0.4, -0.2) is 16.9 Å². The normalized spacial score (nSPS) is 11.6. The van der Waals surface area contributed by atoms with Crippen molar-refractivity contribution in [3.63, 3.8) is 0 Å². The summed E-state index contributed by atoms with van der Waals surface area (Å²) in [7, 11) is 0. The van der Waals surface area contributed by atoms with E-state index in [9.17, 15) is 9.59 Å². The van der Waals surface area contributed by atoms with Gasteiger partial charge in [-0.2, -0.15) is 0 Å². The number of carbonyl (C=O) groups excluding carboxylic acids is 2. The maximum atomic E-state index is 12.5. The molecule has 4 N–H and O–H groups in total. The van der Waals surface area contributed by atoms with Gasteiger partial charge in [-0.25, -0.2) is 9.78 Å². The second kappa shape index (κ2) is 8.20. The fraction of sp³-hybridized carbons (Fsp3) is 0.105. The molecule has 0 spiro atoms. The summed E-state index contributed by atoms with van der Waals surface area (Å²) in [5, 5.41) is 8.49. The highest BCUT2D eigenvalue weighted by atomic mass is 35.5. The van der Waals surface area contributed by atoms with Crippen molar-refractivity contribution < 1.29 is 9.59 Å². The molecule has 8 heteroatoms. The summed E-state index contributed by atoms with van der Waals surface area (Å²) in [6, 6.07) is 13.6. The summed E-state index contributed by atoms with van der Waals surface area (Å²) < 4.78 is 0. The molecular formula is C19H17ClN4O2S. The Balaban J connectivity index is 1.67. The van der Waals surface area contributed by atoms with Crippen molar-refractivity contribution in [1.82, 2.24) is 10.3 Å². The number of nitrogens with two attached hydrogens (primary N) is 1. The van der Waals surface area contributed by atoms with Gasteiger partial charge < -0.3 is 16.4 Å². The first-order valence-electron chi connectivity index (χ1n) is 8.11. The molecule has 3 amide bonds. The molecular weight excluding hydrogens is 384 g/mol. The number of benzene rings is 2. The first kappa shape index (κ1) is 18.9. The molecule has 0 aliphatic heterocycles. The van der Waals surface area contributed by atoms with Crippen molar-refractivity contribution in [3.05, 3.63) is 70.2 Å². The summed E-state index contributed by atoms with van der Waals surface area (Å²) in [4.78, 5) is 27.7. The van der Waals surface area contributed by atoms with E-state index in [1.807, 2.05) is 37.3 Å². The predicted octanol–water partition coefficient (Wildman–Crippen LogP) is 4.45. The van der Waals surface area contributed by atoms with E-state index in [1.54, 1.807) is 23.6 Å². The fourth-order valence-electron chi connectivity index (χ4n) is 2.48. The number of halogens is 1. The molecule has 0 aliphatic carbocycles. The molecule has 138 valence electrons. The Bertz CT molecular complexity index is 972. The topological polar surface area (TPSA) is 97.1 Å². The Morgan fingerprint density at radius 3 is 2.59 bits per heavy atom. The minimum Gasteiger partial charge on any atom is -0.351 e. The SMILES string of the molecule is CC(NC(=O)c1csc(-c2cccc(Cl)c2)n1)c1ccc(NC(N)=O)cc1. The Morgan fingerprint density at radius 1 is 1.19 bits per heavy atom. The van der Waals surface area contributed by atoms with E-state index in [0.717, 1.165) is 16.1 Å². The van der Waals surface area contributed by atoms with Crippen molar-refractivity contribution in [2.45, 2.75) is 13.0 Å². The third-order valence-electron chi connectivity index (χ3n) is 3.83. The molecule has 1 aromatic heterocycles. The maximum absolute atomic E-state index is 12.5. The van der Waals surface area contributed by atoms with Crippen LogP contribution in [0.1, 0.15) is 29.0 Å². The van der Waals surface area contributed by atoms with Gasteiger partial charge in [-0.05, 0) is 36.8 Å². The molecule has 27 heavy (non-hydrogen) atoms. The van der Waals surface area contributed by atoms with Crippen LogP contribution in [0.15, 0.2) is 53.9 Å². The maximum Gasteiger partial charge on any atom is 0.316 e. The van der Waals surface area contributed by atoms with Crippen LogP contribution < -0.4 is 16.4 Å². The number of carbonyl (C=O) groups is 2. The van der Waals surface area contributed by atoms with Gasteiger partial charge in [-0.1, -0.05) is 35.9 Å². The highest BCUT2D eigenvalue weighted by Gasteiger charge is 2.15. The van der Waals surface area contributed by atoms with E-state index in [1.165, 1.54) is 11.3 Å². The zero-order valence-electron chi connectivity index (χ0n) is 14.4. The highest BCUT2D eigenvalue weighted by molar-refractivity contribution is 7.13. The Hall–Kier alpha value is -2.90. The van der Waals surface area contributed by atoms with Gasteiger partial charge >= 0.3 is 6.03 Å². The number of rotatable bonds is 5. The zero-order chi connectivity index (χ0) is 19.4. The minimum atomic E-state index is -0.622. The molecule has 0 fully saturated rings. The number of aromatic nitrogens is 1. The number of urea groups is 1. The number of primary amides is 1. The monoisotopic (exact) mass is 400 g/mol. The van der Waals surface area contributed by atoms with Gasteiger partial charge in [0.25, 0.3) is 5.91 Å². The summed E-state index contributed by atoms with van der Waals surface area (Å²) in [6.07, 6.45) is 0. The van der Waals surface area contributed by atoms with Crippen LogP contribution in [-0.2, 0) is 0 Å². The Morgan fingerprint density at radius 2 is 1.93 bits per heavy atom. The van der Waals surface area contributed by atoms with Gasteiger partial charge in [0.2, 0.25) is 0 Å². The van der Waals surface area contributed by atoms with Crippen LogP contribution in [0.3, 0.4) is 0 Å². The van der Waals surface area contributed by atoms with Gasteiger partial charge in [0.05, 0.1) is 6.04 Å². The lowest BCUT2D eigenvalue weighted by molar-refractivity contribution is 0.0935. The number of anilines is 1. The van der Waals surface area contributed by atoms with Gasteiger partial charge in [0.15, 0.2) is 0 Å². The lowest BCUT2D eigenvalue weighted by atomic mass is 10.1. The van der Waals surface area contributed by atoms with Gasteiger partial charge in [0.1, 0.15) is 10.7 Å². The quantitative estimate of drug-likeness (QED) is 0.590. The minimum absolute atomic E-state index is 0.226. The second-order valence-electron chi connectivity index (χ2n) is 5.85. The zero-order valence-corrected chi connectivity index (χ0v) is 16.0. The number of thiazole rings is 1. The van der Waals surface area contributed by atoms with E-state index in [2.05, 4.69) is 15.6 Å². The Kier molecular flexibility index (Phi) is 5.73. The van der Waals surface area contributed by atoms with Crippen LogP contribution in [0.5, 0.6) is 0 Å². The van der Waals surface area contributed by atoms with E-state index < -0.39 is 6.03 Å². The molecule has 0 radical (unpaired) electrons. The van der Waals surface area contributed by atoms with Gasteiger partial charge in [-0.15, -0.1) is 11.3 Å². The first-order chi connectivity index (χ1) is 12.9. The average molecular weight is 401 g/mol. The van der Waals surface area contributed by atoms with E-state index in [-0.39, 0.29) is 11.9 Å². The number of amides is 3. The van der Waals surface area contributed by atoms with Crippen LogP contribution in [0.2, 0.25) is 5.02 Å². The summed E-state index contributed by atoms with van der Waals surface area (Å²) >= 11 is 7.39. The number of hydrogen-bond donors (Lipinski definition) is 3. The van der Waals surface area contributed by atoms with Gasteiger partial charge in [-0.3, -0.25) is 4.79 Å². The molecule has 6 nitrogen and oxygen atoms in total. The third-order valence-corrected chi connectivity index (χ3v) is 4.96. The van der Waals surface area contributed by atoms with Crippen molar-refractivity contribution in [2.75, 3.05) is 5.32 Å². The van der Waals surface area contributed by atoms with Gasteiger partial charge in [0, 0.05) is 21.7 Å². The summed E-state index contributed by atoms with van der Waals surface area (Å²) in [5.74, 6) is -0.258. The van der Waals surface area contributed by atoms with Crippen molar-refractivity contribution in [2.24, 2.45) is 5.73 Å². The van der Waals surface area contributed by atoms with Crippen LogP contribution in [0, 0.1) is 0 Å². The average Bonchev–Trinajstić information content (AvgIpc) is 3.12. The number of nitrogens with zero attached hydrogens (tertiary/aromatic N) is 1. The van der Waals surface area contributed by atoms with Crippen LogP contribution in [0.4, 0.5) is 10.5 Å². The molecule has 1 heterocycles. The fourth-order valence-corrected chi connectivity index (χ4v) is 3.47. The standard InChI is InChI=1S/C19H17ClN4O2S/c1-11(12-5-7-15(8-6-12)23-19(21)26)22-17(25)16-10-27-18(24-16)13-3-2-4-14(20)9-13/h2-11H,1H3,(H,22,25)(H3,21,23,26). The molecule has 0 aliphatic rings. The second-order valence-corrected chi connectivity index (χ2v) is 7.15. The molecule has 2 aromatic carbocycles. The molecule has 0 bridgehead atoms. The largest absolute Gasteiger partial charge is 0.351 e. The van der Waals surface area contributed by atoms with Crippen molar-refractivity contribution in [1.29, 1.82) is 0 Å². The number of nitrogens with one attached hydrogen (secondary N) is 2. The summed E-state index contributed by atoms with van der Waals surface area (Å²) in [6.45, 7) is 1.87. The molecule has 3 aromatic rings. The molecule has 1 unspecified atom stereocenters.